The number of aromatic nitrogens is 7. The third kappa shape index (κ3) is 4.35. The Morgan fingerprint density at radius 1 is 0.886 bits per heavy atom. The van der Waals surface area contributed by atoms with Crippen LogP contribution in [0.25, 0.3) is 16.7 Å². The number of carbonyl (C=O) groups is 1. The zero-order valence-corrected chi connectivity index (χ0v) is 18.9. The molecule has 176 valence electrons. The number of hydrogen-bond donors (Lipinski definition) is 0. The monoisotopic (exact) mass is 469 g/mol. The highest BCUT2D eigenvalue weighted by molar-refractivity contribution is 5.79. The fourth-order valence-corrected chi connectivity index (χ4v) is 4.19. The van der Waals surface area contributed by atoms with Gasteiger partial charge in [0, 0.05) is 26.2 Å². The molecule has 4 heterocycles. The summed E-state index contributed by atoms with van der Waals surface area (Å²) in [5, 5.41) is 20.5. The Labute approximate surface area is 200 Å². The molecule has 35 heavy (non-hydrogen) atoms. The fraction of sp³-hybridized carbons (Fsp3) is 0.250. The maximum absolute atomic E-state index is 12.9. The van der Waals surface area contributed by atoms with Gasteiger partial charge in [0.1, 0.15) is 29.8 Å². The maximum atomic E-state index is 12.9. The van der Waals surface area contributed by atoms with Gasteiger partial charge in [0.25, 0.3) is 0 Å². The van der Waals surface area contributed by atoms with Gasteiger partial charge in [0.15, 0.2) is 5.65 Å². The molecule has 1 aliphatic heterocycles. The minimum Gasteiger partial charge on any atom is -0.390 e. The minimum absolute atomic E-state index is 0.130. The fourth-order valence-electron chi connectivity index (χ4n) is 4.19. The number of amides is 1. The lowest BCUT2D eigenvalue weighted by Crippen LogP contribution is -2.49. The average molecular weight is 470 g/mol. The Morgan fingerprint density at radius 2 is 1.69 bits per heavy atom. The molecule has 0 N–H and O–H groups in total. The molecule has 6 rings (SSSR count). The predicted molar refractivity (Wildman–Crippen MR) is 128 cm³/mol. The van der Waals surface area contributed by atoms with Crippen molar-refractivity contribution >= 4 is 28.4 Å². The van der Waals surface area contributed by atoms with E-state index in [9.17, 15) is 4.79 Å². The van der Waals surface area contributed by atoms with E-state index >= 15 is 0 Å². The van der Waals surface area contributed by atoms with Crippen molar-refractivity contribution in [2.75, 3.05) is 31.1 Å². The van der Waals surface area contributed by atoms with Gasteiger partial charge in [-0.15, -0.1) is 20.4 Å². The van der Waals surface area contributed by atoms with Gasteiger partial charge in [0.05, 0.1) is 6.42 Å². The van der Waals surface area contributed by atoms with Crippen molar-refractivity contribution in [3.8, 4) is 0 Å². The van der Waals surface area contributed by atoms with Gasteiger partial charge in [-0.25, -0.2) is 0 Å². The number of nitrogens with zero attached hydrogens (tertiary/aromatic N) is 9. The van der Waals surface area contributed by atoms with Crippen molar-refractivity contribution in [1.29, 1.82) is 0 Å². The highest BCUT2D eigenvalue weighted by Gasteiger charge is 2.22. The lowest BCUT2D eigenvalue weighted by molar-refractivity contribution is -0.130. The third-order valence-electron chi connectivity index (χ3n) is 6.16. The van der Waals surface area contributed by atoms with Crippen LogP contribution in [-0.4, -0.2) is 72.0 Å². The van der Waals surface area contributed by atoms with Crippen LogP contribution in [0.1, 0.15) is 11.1 Å². The highest BCUT2D eigenvalue weighted by atomic mass is 16.7. The summed E-state index contributed by atoms with van der Waals surface area (Å²) in [6.07, 6.45) is 1.96. The van der Waals surface area contributed by atoms with Gasteiger partial charge < -0.3 is 14.6 Å². The van der Waals surface area contributed by atoms with Crippen LogP contribution in [0, 0.1) is 0 Å². The van der Waals surface area contributed by atoms with E-state index in [2.05, 4.69) is 30.5 Å². The first-order valence-corrected chi connectivity index (χ1v) is 11.4. The van der Waals surface area contributed by atoms with Crippen LogP contribution in [0.4, 0.5) is 5.82 Å². The van der Waals surface area contributed by atoms with E-state index in [1.165, 1.54) is 4.85 Å². The van der Waals surface area contributed by atoms with Crippen molar-refractivity contribution in [2.24, 2.45) is 0 Å². The lowest BCUT2D eigenvalue weighted by atomic mass is 10.1. The molecule has 1 saturated heterocycles. The lowest BCUT2D eigenvalue weighted by Gasteiger charge is -2.35. The van der Waals surface area contributed by atoms with E-state index in [1.54, 1.807) is 10.8 Å². The zero-order chi connectivity index (χ0) is 23.6. The van der Waals surface area contributed by atoms with Crippen molar-refractivity contribution in [2.45, 2.75) is 13.0 Å². The molecular weight excluding hydrogens is 446 g/mol. The van der Waals surface area contributed by atoms with Gasteiger partial charge in [-0.2, -0.15) is 4.52 Å². The second-order valence-electron chi connectivity index (χ2n) is 8.41. The number of hydrogen-bond acceptors (Lipinski definition) is 8. The van der Waals surface area contributed by atoms with Gasteiger partial charge in [0.2, 0.25) is 5.91 Å². The van der Waals surface area contributed by atoms with Gasteiger partial charge in [-0.05, 0) is 40.6 Å². The van der Waals surface area contributed by atoms with E-state index in [-0.39, 0.29) is 5.91 Å². The molecule has 0 unspecified atom stereocenters. The van der Waals surface area contributed by atoms with Crippen LogP contribution in [0.3, 0.4) is 0 Å². The molecule has 1 aliphatic rings. The Bertz CT molecular complexity index is 1470. The summed E-state index contributed by atoms with van der Waals surface area (Å²) in [7, 11) is 0. The van der Waals surface area contributed by atoms with E-state index in [4.69, 9.17) is 4.84 Å². The van der Waals surface area contributed by atoms with Gasteiger partial charge >= 0.3 is 0 Å². The number of para-hydroxylation sites is 1. The summed E-state index contributed by atoms with van der Waals surface area (Å²) in [5.74, 6) is 0.992. The largest absolute Gasteiger partial charge is 0.390 e. The quantitative estimate of drug-likeness (QED) is 0.367. The second kappa shape index (κ2) is 9.01. The molecule has 0 spiro atoms. The van der Waals surface area contributed by atoms with Gasteiger partial charge in [-0.1, -0.05) is 41.2 Å². The molecule has 0 aliphatic carbocycles. The third-order valence-corrected chi connectivity index (χ3v) is 6.16. The number of carbonyl (C=O) groups excluding carboxylic acids is 1. The van der Waals surface area contributed by atoms with E-state index in [1.807, 2.05) is 65.6 Å². The van der Waals surface area contributed by atoms with Crippen LogP contribution in [0.2, 0.25) is 0 Å². The number of anilines is 1. The maximum Gasteiger partial charge on any atom is 0.227 e. The number of fused-ring (bicyclic) bond motifs is 2. The summed E-state index contributed by atoms with van der Waals surface area (Å²) < 4.78 is 1.66. The van der Waals surface area contributed by atoms with Crippen molar-refractivity contribution in [3.05, 3.63) is 78.1 Å². The summed E-state index contributed by atoms with van der Waals surface area (Å²) >= 11 is 0. The molecule has 1 amide bonds. The van der Waals surface area contributed by atoms with Crippen molar-refractivity contribution in [3.63, 3.8) is 0 Å². The Morgan fingerprint density at radius 3 is 2.54 bits per heavy atom. The van der Waals surface area contributed by atoms with Crippen LogP contribution in [0.15, 0.2) is 67.0 Å². The second-order valence-corrected chi connectivity index (χ2v) is 8.41. The number of piperazine rings is 1. The normalized spacial score (nSPS) is 14.1. The smallest absolute Gasteiger partial charge is 0.227 e. The first-order valence-electron chi connectivity index (χ1n) is 11.4. The van der Waals surface area contributed by atoms with Crippen molar-refractivity contribution < 1.29 is 9.63 Å². The van der Waals surface area contributed by atoms with E-state index in [0.29, 0.717) is 31.8 Å². The predicted octanol–water partition coefficient (Wildman–Crippen LogP) is 1.39. The molecule has 11 heteroatoms. The summed E-state index contributed by atoms with van der Waals surface area (Å²) in [6, 6.07) is 19.4. The van der Waals surface area contributed by atoms with E-state index < -0.39 is 0 Å². The molecule has 0 saturated carbocycles. The summed E-state index contributed by atoms with van der Waals surface area (Å²) in [4.78, 5) is 24.2. The standard InChI is InChI=1S/C24H23N9O2/c34-24(31-13-11-30(12-14-31)23-10-9-22-27-25-17-32(22)28-23)15-18-5-7-19(8-6-18)16-35-33-21-4-2-1-3-20(21)26-29-33/h1-10,17H,11-16H2. The van der Waals surface area contributed by atoms with Crippen LogP contribution < -0.4 is 9.74 Å². The molecule has 3 aromatic heterocycles. The topological polar surface area (TPSA) is 107 Å². The summed E-state index contributed by atoms with van der Waals surface area (Å²) in [6.45, 7) is 3.16. The molecule has 11 nitrogen and oxygen atoms in total. The van der Waals surface area contributed by atoms with E-state index in [0.717, 1.165) is 41.1 Å². The first kappa shape index (κ1) is 21.0. The molecule has 0 bridgehead atoms. The molecule has 2 aromatic carbocycles. The Hall–Kier alpha value is -4.54. The van der Waals surface area contributed by atoms with Crippen LogP contribution in [0.5, 0.6) is 0 Å². The zero-order valence-electron chi connectivity index (χ0n) is 18.9. The average Bonchev–Trinajstić information content (AvgIpc) is 3.55. The van der Waals surface area contributed by atoms with Crippen LogP contribution >= 0.6 is 0 Å². The van der Waals surface area contributed by atoms with Crippen LogP contribution in [-0.2, 0) is 17.8 Å². The number of benzene rings is 2. The highest BCUT2D eigenvalue weighted by Crippen LogP contribution is 2.15. The van der Waals surface area contributed by atoms with Crippen molar-refractivity contribution in [1.82, 2.24) is 39.9 Å². The molecule has 0 radical (unpaired) electrons. The minimum atomic E-state index is 0.130. The summed E-state index contributed by atoms with van der Waals surface area (Å²) in [5.41, 5.74) is 4.30. The molecule has 5 aromatic rings. The number of rotatable bonds is 6. The van der Waals surface area contributed by atoms with Gasteiger partial charge in [-0.3, -0.25) is 4.79 Å². The first-order chi connectivity index (χ1) is 17.2. The molecular formula is C24H23N9O2. The molecule has 1 fully saturated rings. The Kier molecular flexibility index (Phi) is 5.41. The Balaban J connectivity index is 1.01. The SMILES string of the molecule is O=C(Cc1ccc(COn2nnc3ccccc32)cc1)N1CCN(c2ccc3nncn3n2)CC1. The molecule has 0 atom stereocenters.